The maximum atomic E-state index is 11.9. The van der Waals surface area contributed by atoms with Gasteiger partial charge >= 0.3 is 5.97 Å². The number of carboxylic acids is 1. The number of carboxylic acid groups (broad SMARTS) is 1. The molecule has 0 saturated heterocycles. The number of carbonyl (C=O) groups excluding carboxylic acids is 2. The minimum absolute atomic E-state index is 0.0648. The number of nitrogens with two attached hydrogens (primary N) is 1. The van der Waals surface area contributed by atoms with Gasteiger partial charge in [0.05, 0.1) is 48.8 Å². The molecule has 0 unspecified atom stereocenters. The molecule has 1 aromatic carbocycles. The van der Waals surface area contributed by atoms with Crippen molar-refractivity contribution in [3.05, 3.63) is 71.6 Å². The second-order valence-corrected chi connectivity index (χ2v) is 6.53. The van der Waals surface area contributed by atoms with Crippen LogP contribution in [0.1, 0.15) is 33.4 Å². The fourth-order valence-corrected chi connectivity index (χ4v) is 3.02. The number of nitrogens with one attached hydrogen (secondary N) is 2. The van der Waals surface area contributed by atoms with Gasteiger partial charge in [-0.15, -0.1) is 0 Å². The molecular weight excluding hydrogens is 390 g/mol. The molecule has 0 amide bonds. The number of hydrogen-bond acceptors (Lipinski definition) is 8. The van der Waals surface area contributed by atoms with E-state index in [-0.39, 0.29) is 18.7 Å². The molecule has 0 radical (unpaired) electrons. The van der Waals surface area contributed by atoms with Crippen LogP contribution in [0.15, 0.2) is 57.8 Å². The minimum Gasteiger partial charge on any atom is -0.478 e. The molecule has 30 heavy (non-hydrogen) atoms. The van der Waals surface area contributed by atoms with Crippen molar-refractivity contribution in [1.29, 1.82) is 0 Å². The minimum atomic E-state index is -1.19. The predicted octanol–water partition coefficient (Wildman–Crippen LogP) is 2.60. The average Bonchev–Trinajstić information content (AvgIpc) is 3.45. The lowest BCUT2D eigenvalue weighted by Gasteiger charge is -2.21. The first-order valence-electron chi connectivity index (χ1n) is 9.13. The summed E-state index contributed by atoms with van der Waals surface area (Å²) in [5.74, 6) is -0.955. The molecule has 9 heteroatoms. The highest BCUT2D eigenvalue weighted by atomic mass is 16.4. The zero-order valence-corrected chi connectivity index (χ0v) is 15.9. The van der Waals surface area contributed by atoms with Crippen LogP contribution in [0.5, 0.6) is 0 Å². The first kappa shape index (κ1) is 20.9. The highest BCUT2D eigenvalue weighted by Crippen LogP contribution is 2.32. The van der Waals surface area contributed by atoms with Gasteiger partial charge in [-0.25, -0.2) is 4.79 Å². The monoisotopic (exact) mass is 411 g/mol. The lowest BCUT2D eigenvalue weighted by molar-refractivity contribution is -0.114. The Kier molecular flexibility index (Phi) is 6.66. The SMILES string of the molecule is N[C@H](C=O)[C@@H](C=O)c1cc(C(=O)O)c(NCc2ccco2)cc1NCc1ccco1. The van der Waals surface area contributed by atoms with Crippen molar-refractivity contribution in [2.45, 2.75) is 25.0 Å². The fourth-order valence-electron chi connectivity index (χ4n) is 3.02. The van der Waals surface area contributed by atoms with Crippen LogP contribution in [0.25, 0.3) is 0 Å². The molecule has 2 heterocycles. The third-order valence-corrected chi connectivity index (χ3v) is 4.56. The number of aldehydes is 2. The molecule has 5 N–H and O–H groups in total. The van der Waals surface area contributed by atoms with Gasteiger partial charge in [0.2, 0.25) is 0 Å². The van der Waals surface area contributed by atoms with E-state index >= 15 is 0 Å². The lowest BCUT2D eigenvalue weighted by Crippen LogP contribution is -2.31. The van der Waals surface area contributed by atoms with E-state index in [1.165, 1.54) is 18.6 Å². The molecular formula is C21H21N3O6. The van der Waals surface area contributed by atoms with Crippen molar-refractivity contribution in [3.8, 4) is 0 Å². The number of aromatic carboxylic acids is 1. The Balaban J connectivity index is 2.01. The summed E-state index contributed by atoms with van der Waals surface area (Å²) in [4.78, 5) is 34.7. The smallest absolute Gasteiger partial charge is 0.337 e. The van der Waals surface area contributed by atoms with Crippen LogP contribution in [0.3, 0.4) is 0 Å². The summed E-state index contributed by atoms with van der Waals surface area (Å²) >= 11 is 0. The Morgan fingerprint density at radius 3 is 2.07 bits per heavy atom. The average molecular weight is 411 g/mol. The van der Waals surface area contributed by atoms with Crippen LogP contribution < -0.4 is 16.4 Å². The van der Waals surface area contributed by atoms with Gasteiger partial charge < -0.3 is 39.9 Å². The van der Waals surface area contributed by atoms with Gasteiger partial charge in [0.1, 0.15) is 24.1 Å². The van der Waals surface area contributed by atoms with Gasteiger partial charge in [0.15, 0.2) is 0 Å². The molecule has 3 rings (SSSR count). The maximum absolute atomic E-state index is 11.9. The third kappa shape index (κ3) is 4.76. The Hall–Kier alpha value is -3.85. The van der Waals surface area contributed by atoms with E-state index in [1.54, 1.807) is 30.3 Å². The topological polar surface area (TPSA) is 148 Å². The largest absolute Gasteiger partial charge is 0.478 e. The van der Waals surface area contributed by atoms with Gasteiger partial charge in [0.25, 0.3) is 0 Å². The Bertz CT molecular complexity index is 998. The number of hydrogen-bond donors (Lipinski definition) is 4. The number of rotatable bonds is 11. The van der Waals surface area contributed by atoms with E-state index in [4.69, 9.17) is 14.6 Å². The first-order chi connectivity index (χ1) is 14.5. The summed E-state index contributed by atoms with van der Waals surface area (Å²) in [6.07, 6.45) is 4.04. The highest BCUT2D eigenvalue weighted by molar-refractivity contribution is 5.96. The van der Waals surface area contributed by atoms with E-state index in [1.807, 2.05) is 0 Å². The molecule has 3 aromatic rings. The predicted molar refractivity (Wildman–Crippen MR) is 108 cm³/mol. The Morgan fingerprint density at radius 2 is 1.60 bits per heavy atom. The van der Waals surface area contributed by atoms with Crippen molar-refractivity contribution in [3.63, 3.8) is 0 Å². The normalized spacial score (nSPS) is 12.7. The molecule has 0 spiro atoms. The molecule has 0 aliphatic heterocycles. The number of furan rings is 2. The third-order valence-electron chi connectivity index (χ3n) is 4.56. The van der Waals surface area contributed by atoms with E-state index < -0.39 is 17.9 Å². The molecule has 0 aliphatic rings. The van der Waals surface area contributed by atoms with Crippen LogP contribution >= 0.6 is 0 Å². The van der Waals surface area contributed by atoms with E-state index in [9.17, 15) is 19.5 Å². The van der Waals surface area contributed by atoms with Gasteiger partial charge in [-0.2, -0.15) is 0 Å². The second-order valence-electron chi connectivity index (χ2n) is 6.53. The summed E-state index contributed by atoms with van der Waals surface area (Å²) in [5, 5.41) is 15.8. The standard InChI is InChI=1S/C21H21N3O6/c22-18(12-26)17(11-25)15-7-16(21(27)28)20(24-10-14-4-2-6-30-14)8-19(15)23-9-13-3-1-5-29-13/h1-8,11-12,17-18,23-24H,9-10,22H2,(H,27,28)/t17-,18+/m0/s1. The summed E-state index contributed by atoms with van der Waals surface area (Å²) in [7, 11) is 0. The van der Waals surface area contributed by atoms with E-state index in [2.05, 4.69) is 10.6 Å². The van der Waals surface area contributed by atoms with Crippen LogP contribution in [-0.4, -0.2) is 29.7 Å². The molecule has 0 bridgehead atoms. The zero-order chi connectivity index (χ0) is 21.5. The van der Waals surface area contributed by atoms with Crippen LogP contribution in [-0.2, 0) is 22.7 Å². The summed E-state index contributed by atoms with van der Waals surface area (Å²) in [6.45, 7) is 0.543. The molecule has 2 aromatic heterocycles. The zero-order valence-electron chi connectivity index (χ0n) is 15.9. The number of carbonyl (C=O) groups is 3. The van der Waals surface area contributed by atoms with Crippen LogP contribution in [0.2, 0.25) is 0 Å². The number of benzene rings is 1. The highest BCUT2D eigenvalue weighted by Gasteiger charge is 2.25. The molecule has 2 atom stereocenters. The van der Waals surface area contributed by atoms with E-state index in [0.29, 0.717) is 41.0 Å². The van der Waals surface area contributed by atoms with Crippen molar-refractivity contribution in [2.24, 2.45) is 5.73 Å². The Labute approximate surface area is 171 Å². The van der Waals surface area contributed by atoms with Gasteiger partial charge in [-0.1, -0.05) is 0 Å². The summed E-state index contributed by atoms with van der Waals surface area (Å²) in [5.41, 5.74) is 6.79. The molecule has 0 aliphatic carbocycles. The van der Waals surface area contributed by atoms with Crippen LogP contribution in [0.4, 0.5) is 11.4 Å². The summed E-state index contributed by atoms with van der Waals surface area (Å²) < 4.78 is 10.6. The molecule has 0 saturated carbocycles. The van der Waals surface area contributed by atoms with Crippen molar-refractivity contribution in [1.82, 2.24) is 0 Å². The quantitative estimate of drug-likeness (QED) is 0.349. The molecule has 0 fully saturated rings. The number of anilines is 2. The molecule has 9 nitrogen and oxygen atoms in total. The lowest BCUT2D eigenvalue weighted by atomic mass is 9.90. The van der Waals surface area contributed by atoms with E-state index in [0.717, 1.165) is 0 Å². The fraction of sp³-hybridized carbons (Fsp3) is 0.190. The Morgan fingerprint density at radius 1 is 1.00 bits per heavy atom. The molecule has 156 valence electrons. The van der Waals surface area contributed by atoms with Crippen molar-refractivity contribution >= 4 is 29.9 Å². The summed E-state index contributed by atoms with van der Waals surface area (Å²) in [6, 6.07) is 8.78. The van der Waals surface area contributed by atoms with Gasteiger partial charge in [-0.05, 0) is 42.0 Å². The van der Waals surface area contributed by atoms with Crippen molar-refractivity contribution in [2.75, 3.05) is 10.6 Å². The maximum Gasteiger partial charge on any atom is 0.337 e. The first-order valence-corrected chi connectivity index (χ1v) is 9.13. The second kappa shape index (κ2) is 9.57. The van der Waals surface area contributed by atoms with Crippen molar-refractivity contribution < 1.29 is 28.3 Å². The van der Waals surface area contributed by atoms with Gasteiger partial charge in [0, 0.05) is 5.69 Å². The van der Waals surface area contributed by atoms with Gasteiger partial charge in [-0.3, -0.25) is 0 Å². The van der Waals surface area contributed by atoms with Crippen LogP contribution in [0, 0.1) is 0 Å².